The third-order valence-corrected chi connectivity index (χ3v) is 7.07. The monoisotopic (exact) mass is 539 g/mol. The number of hydrogen-bond acceptors (Lipinski definition) is 5. The molecule has 4 aromatic rings. The van der Waals surface area contributed by atoms with Crippen LogP contribution in [-0.4, -0.2) is 58.8 Å². The number of pyridine rings is 1. The predicted molar refractivity (Wildman–Crippen MR) is 156 cm³/mol. The lowest BCUT2D eigenvalue weighted by Gasteiger charge is -2.16. The number of nitrogens with one attached hydrogen (secondary N) is 2. The molecule has 3 heterocycles. The molecule has 0 spiro atoms. The molecule has 40 heavy (non-hydrogen) atoms. The van der Waals surface area contributed by atoms with Crippen LogP contribution in [0.1, 0.15) is 42.9 Å². The number of carbonyl (C=O) groups excluding carboxylic acids is 1. The highest BCUT2D eigenvalue weighted by Gasteiger charge is 2.16. The molecule has 0 unspecified atom stereocenters. The first-order valence-electron chi connectivity index (χ1n) is 13.8. The normalized spacial score (nSPS) is 14.2. The van der Waals surface area contributed by atoms with Crippen LogP contribution in [0.15, 0.2) is 79.0 Å². The van der Waals surface area contributed by atoms with Gasteiger partial charge in [-0.25, -0.2) is 4.98 Å². The van der Waals surface area contributed by atoms with E-state index in [1.807, 2.05) is 59.5 Å². The summed E-state index contributed by atoms with van der Waals surface area (Å²) in [6.45, 7) is 5.51. The molecule has 0 radical (unpaired) electrons. The topological polar surface area (TPSA) is 83.1 Å². The van der Waals surface area contributed by atoms with E-state index in [4.69, 9.17) is 4.74 Å². The molecule has 5 rings (SSSR count). The molecule has 2 aromatic heterocycles. The second-order valence-electron chi connectivity index (χ2n) is 9.72. The van der Waals surface area contributed by atoms with Crippen LogP contribution >= 0.6 is 0 Å². The number of likely N-dealkylation sites (tertiary alicyclic amines) is 1. The summed E-state index contributed by atoms with van der Waals surface area (Å²) in [4.78, 5) is 18.5. The maximum Gasteiger partial charge on any atom is 0.246 e. The number of carbonyl (C=O) groups is 1. The number of aromatic amines is 1. The van der Waals surface area contributed by atoms with Crippen molar-refractivity contribution >= 4 is 28.0 Å². The SMILES string of the molecule is CC/C(=C(/c1ccc(OCCNC/C=C/C(=O)N2CCCC2)nc1)c1ccc2n[nH]c(F)c2c1)c1ccccc1. The van der Waals surface area contributed by atoms with Gasteiger partial charge in [0.2, 0.25) is 17.7 Å². The van der Waals surface area contributed by atoms with Gasteiger partial charge < -0.3 is 15.0 Å². The zero-order valence-corrected chi connectivity index (χ0v) is 22.7. The van der Waals surface area contributed by atoms with Crippen LogP contribution in [0.4, 0.5) is 4.39 Å². The number of halogens is 1. The minimum absolute atomic E-state index is 0.0848. The molecular weight excluding hydrogens is 505 g/mol. The van der Waals surface area contributed by atoms with Crippen molar-refractivity contribution < 1.29 is 13.9 Å². The highest BCUT2D eigenvalue weighted by Crippen LogP contribution is 2.35. The number of H-pyrrole nitrogens is 1. The van der Waals surface area contributed by atoms with Gasteiger partial charge in [-0.05, 0) is 59.7 Å². The number of nitrogens with zero attached hydrogens (tertiary/aromatic N) is 3. The molecule has 2 N–H and O–H groups in total. The molecule has 0 aliphatic carbocycles. The number of rotatable bonds is 11. The minimum atomic E-state index is -0.446. The van der Waals surface area contributed by atoms with E-state index in [1.54, 1.807) is 12.3 Å². The number of benzene rings is 2. The first kappa shape index (κ1) is 27.3. The lowest BCUT2D eigenvalue weighted by atomic mass is 9.88. The van der Waals surface area contributed by atoms with E-state index in [9.17, 15) is 9.18 Å². The number of fused-ring (bicyclic) bond motifs is 1. The van der Waals surface area contributed by atoms with Crippen molar-refractivity contribution in [3.8, 4) is 5.88 Å². The van der Waals surface area contributed by atoms with Gasteiger partial charge in [-0.2, -0.15) is 9.49 Å². The zero-order chi connectivity index (χ0) is 27.7. The zero-order valence-electron chi connectivity index (χ0n) is 22.7. The fraction of sp³-hybridized carbons (Fsp3) is 0.281. The molecule has 1 fully saturated rings. The summed E-state index contributed by atoms with van der Waals surface area (Å²) in [7, 11) is 0. The summed E-state index contributed by atoms with van der Waals surface area (Å²) in [5.74, 6) is 0.165. The summed E-state index contributed by atoms with van der Waals surface area (Å²) in [6.07, 6.45) is 8.27. The molecule has 2 aromatic carbocycles. The van der Waals surface area contributed by atoms with Crippen LogP contribution in [-0.2, 0) is 4.79 Å². The van der Waals surface area contributed by atoms with Crippen molar-refractivity contribution in [3.05, 3.63) is 102 Å². The molecule has 8 heteroatoms. The molecule has 206 valence electrons. The Hall–Kier alpha value is -4.30. The van der Waals surface area contributed by atoms with E-state index in [0.717, 1.165) is 60.2 Å². The number of hydrogen-bond donors (Lipinski definition) is 2. The van der Waals surface area contributed by atoms with E-state index >= 15 is 0 Å². The van der Waals surface area contributed by atoms with Crippen molar-refractivity contribution in [1.82, 2.24) is 25.4 Å². The second kappa shape index (κ2) is 13.2. The van der Waals surface area contributed by atoms with Crippen LogP contribution < -0.4 is 10.1 Å². The molecule has 0 atom stereocenters. The maximum atomic E-state index is 14.4. The van der Waals surface area contributed by atoms with E-state index in [1.165, 1.54) is 0 Å². The van der Waals surface area contributed by atoms with E-state index in [-0.39, 0.29) is 5.91 Å². The highest BCUT2D eigenvalue weighted by molar-refractivity contribution is 6.00. The first-order chi connectivity index (χ1) is 19.6. The van der Waals surface area contributed by atoms with Gasteiger partial charge in [0.1, 0.15) is 6.61 Å². The Labute approximate surface area is 233 Å². The smallest absolute Gasteiger partial charge is 0.246 e. The molecule has 7 nitrogen and oxygen atoms in total. The average Bonchev–Trinajstić information content (AvgIpc) is 3.67. The fourth-order valence-corrected chi connectivity index (χ4v) is 5.04. The van der Waals surface area contributed by atoms with E-state index in [0.29, 0.717) is 36.5 Å². The fourth-order valence-electron chi connectivity index (χ4n) is 5.04. The molecule has 1 saturated heterocycles. The van der Waals surface area contributed by atoms with Crippen LogP contribution in [0.3, 0.4) is 0 Å². The highest BCUT2D eigenvalue weighted by atomic mass is 19.1. The van der Waals surface area contributed by atoms with E-state index < -0.39 is 5.95 Å². The van der Waals surface area contributed by atoms with Gasteiger partial charge in [-0.1, -0.05) is 49.4 Å². The molecule has 1 aliphatic rings. The first-order valence-corrected chi connectivity index (χ1v) is 13.8. The Balaban J connectivity index is 1.27. The third kappa shape index (κ3) is 6.46. The van der Waals surface area contributed by atoms with Gasteiger partial charge in [0.15, 0.2) is 0 Å². The third-order valence-electron chi connectivity index (χ3n) is 7.07. The van der Waals surface area contributed by atoms with Gasteiger partial charge in [0.25, 0.3) is 0 Å². The number of aromatic nitrogens is 3. The van der Waals surface area contributed by atoms with Crippen molar-refractivity contribution in [2.24, 2.45) is 0 Å². The summed E-state index contributed by atoms with van der Waals surface area (Å²) in [5.41, 5.74) is 5.64. The van der Waals surface area contributed by atoms with Crippen molar-refractivity contribution in [3.63, 3.8) is 0 Å². The quantitative estimate of drug-likeness (QED) is 0.147. The molecule has 0 saturated carbocycles. The van der Waals surface area contributed by atoms with Crippen molar-refractivity contribution in [1.29, 1.82) is 0 Å². The Morgan fingerprint density at radius 1 is 1.07 bits per heavy atom. The molecule has 0 bridgehead atoms. The van der Waals surface area contributed by atoms with Gasteiger partial charge >= 0.3 is 0 Å². The largest absolute Gasteiger partial charge is 0.476 e. The summed E-state index contributed by atoms with van der Waals surface area (Å²) < 4.78 is 20.2. The maximum absolute atomic E-state index is 14.4. The second-order valence-corrected chi connectivity index (χ2v) is 9.72. The van der Waals surface area contributed by atoms with Crippen LogP contribution in [0.25, 0.3) is 22.0 Å². The molecule has 1 amide bonds. The van der Waals surface area contributed by atoms with Crippen molar-refractivity contribution in [2.45, 2.75) is 26.2 Å². The Morgan fingerprint density at radius 3 is 2.62 bits per heavy atom. The van der Waals surface area contributed by atoms with Crippen LogP contribution in [0.2, 0.25) is 0 Å². The summed E-state index contributed by atoms with van der Waals surface area (Å²) in [6, 6.07) is 19.7. The minimum Gasteiger partial charge on any atom is -0.476 e. The number of amides is 1. The lowest BCUT2D eigenvalue weighted by Crippen LogP contribution is -2.26. The van der Waals surface area contributed by atoms with Gasteiger partial charge in [0.05, 0.1) is 10.9 Å². The molecular formula is C32H34FN5O2. The standard InChI is InChI=1S/C32H34FN5O2/c1-2-26(23-9-4-3-5-10-23)31(24-12-14-28-27(21-24)32(33)37-36-28)25-13-15-29(35-22-25)40-20-17-34-16-8-11-30(39)38-18-6-7-19-38/h3-5,8-15,21-22,34H,2,6-7,16-20H2,1H3,(H,36,37)/b11-8+,31-26-. The Kier molecular flexibility index (Phi) is 8.98. The van der Waals surface area contributed by atoms with Gasteiger partial charge in [-0.3, -0.25) is 9.89 Å². The Bertz CT molecular complexity index is 1490. The molecule has 1 aliphatic heterocycles. The summed E-state index contributed by atoms with van der Waals surface area (Å²) in [5, 5.41) is 10.2. The summed E-state index contributed by atoms with van der Waals surface area (Å²) >= 11 is 0. The van der Waals surface area contributed by atoms with Crippen LogP contribution in [0, 0.1) is 5.95 Å². The van der Waals surface area contributed by atoms with Crippen molar-refractivity contribution in [2.75, 3.05) is 32.8 Å². The average molecular weight is 540 g/mol. The van der Waals surface area contributed by atoms with Gasteiger partial charge in [0, 0.05) is 50.1 Å². The number of allylic oxidation sites excluding steroid dienone is 1. The Morgan fingerprint density at radius 2 is 1.88 bits per heavy atom. The van der Waals surface area contributed by atoms with Gasteiger partial charge in [-0.15, -0.1) is 0 Å². The lowest BCUT2D eigenvalue weighted by molar-refractivity contribution is -0.125. The van der Waals surface area contributed by atoms with E-state index in [2.05, 4.69) is 39.6 Å². The number of ether oxygens (including phenoxy) is 1. The predicted octanol–water partition coefficient (Wildman–Crippen LogP) is 5.61. The van der Waals surface area contributed by atoms with Crippen LogP contribution in [0.5, 0.6) is 5.88 Å².